The molecule has 1 aliphatic heterocycles. The van der Waals surface area contributed by atoms with Crippen LogP contribution in [-0.2, 0) is 9.53 Å². The molecule has 2 N–H and O–H groups in total. The molecule has 1 aliphatic carbocycles. The van der Waals surface area contributed by atoms with Gasteiger partial charge in [-0.2, -0.15) is 0 Å². The molecular formula is C18H33NO2. The van der Waals surface area contributed by atoms with Crippen molar-refractivity contribution in [1.29, 1.82) is 0 Å². The van der Waals surface area contributed by atoms with Gasteiger partial charge in [-0.05, 0) is 51.0 Å². The van der Waals surface area contributed by atoms with Gasteiger partial charge in [-0.15, -0.1) is 0 Å². The Morgan fingerprint density at radius 3 is 2.71 bits per heavy atom. The van der Waals surface area contributed by atoms with Crippen LogP contribution in [0, 0.1) is 11.8 Å². The maximum atomic E-state index is 12.6. The Hall–Kier alpha value is -0.410. The van der Waals surface area contributed by atoms with Crippen molar-refractivity contribution >= 4 is 5.78 Å². The molecule has 2 rings (SSSR count). The highest BCUT2D eigenvalue weighted by atomic mass is 16.5. The zero-order valence-electron chi connectivity index (χ0n) is 13.7. The van der Waals surface area contributed by atoms with E-state index in [0.717, 1.165) is 45.3 Å². The van der Waals surface area contributed by atoms with Gasteiger partial charge in [-0.1, -0.05) is 32.6 Å². The number of ether oxygens (including phenoxy) is 1. The largest absolute Gasteiger partial charge is 0.375 e. The molecule has 0 radical (unpaired) electrons. The van der Waals surface area contributed by atoms with Gasteiger partial charge in [0.15, 0.2) is 0 Å². The quantitative estimate of drug-likeness (QED) is 0.740. The second-order valence-corrected chi connectivity index (χ2v) is 7.17. The molecule has 2 aliphatic rings. The molecule has 2 unspecified atom stereocenters. The van der Waals surface area contributed by atoms with Gasteiger partial charge >= 0.3 is 0 Å². The molecule has 2 fully saturated rings. The van der Waals surface area contributed by atoms with Gasteiger partial charge in [-0.3, -0.25) is 4.79 Å². The molecule has 1 saturated heterocycles. The Balaban J connectivity index is 1.79. The monoisotopic (exact) mass is 295 g/mol. The highest BCUT2D eigenvalue weighted by Crippen LogP contribution is 2.42. The minimum Gasteiger partial charge on any atom is -0.375 e. The predicted octanol–water partition coefficient (Wildman–Crippen LogP) is 3.84. The van der Waals surface area contributed by atoms with Crippen molar-refractivity contribution < 1.29 is 9.53 Å². The van der Waals surface area contributed by atoms with Crippen molar-refractivity contribution in [2.45, 2.75) is 83.2 Å². The standard InChI is InChI=1S/C18H33NO2/c1-2-5-15(8-12-19)6-7-17(20)16-9-13-21-18(14-16)10-3-4-11-18/h15-16H,2-14,19H2,1H3. The van der Waals surface area contributed by atoms with E-state index >= 15 is 0 Å². The van der Waals surface area contributed by atoms with Crippen molar-refractivity contribution in [2.75, 3.05) is 13.2 Å². The fraction of sp³-hybridized carbons (Fsp3) is 0.944. The lowest BCUT2D eigenvalue weighted by Gasteiger charge is -2.37. The lowest BCUT2D eigenvalue weighted by atomic mass is 9.80. The summed E-state index contributed by atoms with van der Waals surface area (Å²) in [4.78, 5) is 12.6. The number of Topliss-reactive ketones (excluding diaryl/α,β-unsaturated/α-hetero) is 1. The summed E-state index contributed by atoms with van der Waals surface area (Å²) >= 11 is 0. The van der Waals surface area contributed by atoms with E-state index in [-0.39, 0.29) is 11.5 Å². The summed E-state index contributed by atoms with van der Waals surface area (Å²) in [6.45, 7) is 3.75. The summed E-state index contributed by atoms with van der Waals surface area (Å²) in [6.07, 6.45) is 12.1. The summed E-state index contributed by atoms with van der Waals surface area (Å²) in [6, 6.07) is 0. The van der Waals surface area contributed by atoms with E-state index in [1.807, 2.05) is 0 Å². The maximum Gasteiger partial charge on any atom is 0.136 e. The molecular weight excluding hydrogens is 262 g/mol. The number of nitrogens with two attached hydrogens (primary N) is 1. The highest BCUT2D eigenvalue weighted by Gasteiger charge is 2.41. The van der Waals surface area contributed by atoms with Gasteiger partial charge in [-0.25, -0.2) is 0 Å². The number of rotatable bonds is 8. The van der Waals surface area contributed by atoms with Crippen molar-refractivity contribution in [3.63, 3.8) is 0 Å². The first-order chi connectivity index (χ1) is 10.2. The Bertz CT molecular complexity index is 317. The van der Waals surface area contributed by atoms with Gasteiger partial charge < -0.3 is 10.5 Å². The van der Waals surface area contributed by atoms with Crippen LogP contribution in [0.2, 0.25) is 0 Å². The number of ketones is 1. The predicted molar refractivity (Wildman–Crippen MR) is 86.2 cm³/mol. The third kappa shape index (κ3) is 4.79. The average molecular weight is 295 g/mol. The van der Waals surface area contributed by atoms with Crippen LogP contribution in [0.1, 0.15) is 77.6 Å². The average Bonchev–Trinajstić information content (AvgIpc) is 2.92. The third-order valence-electron chi connectivity index (χ3n) is 5.53. The first-order valence-electron chi connectivity index (χ1n) is 9.06. The summed E-state index contributed by atoms with van der Waals surface area (Å²) < 4.78 is 6.04. The van der Waals surface area contributed by atoms with E-state index in [4.69, 9.17) is 10.5 Å². The minimum atomic E-state index is 0.0681. The number of carbonyl (C=O) groups is 1. The first kappa shape index (κ1) is 17.0. The lowest BCUT2D eigenvalue weighted by molar-refractivity contribution is -0.136. The summed E-state index contributed by atoms with van der Waals surface area (Å²) in [7, 11) is 0. The van der Waals surface area contributed by atoms with E-state index < -0.39 is 0 Å². The van der Waals surface area contributed by atoms with Crippen LogP contribution in [0.5, 0.6) is 0 Å². The van der Waals surface area contributed by atoms with E-state index in [0.29, 0.717) is 11.7 Å². The highest BCUT2D eigenvalue weighted by molar-refractivity contribution is 5.81. The molecule has 122 valence electrons. The fourth-order valence-electron chi connectivity index (χ4n) is 4.30. The zero-order valence-corrected chi connectivity index (χ0v) is 13.7. The normalized spacial score (nSPS) is 26.1. The van der Waals surface area contributed by atoms with Crippen LogP contribution in [0.15, 0.2) is 0 Å². The molecule has 0 bridgehead atoms. The van der Waals surface area contributed by atoms with Gasteiger partial charge in [0.1, 0.15) is 5.78 Å². The smallest absolute Gasteiger partial charge is 0.136 e. The fourth-order valence-corrected chi connectivity index (χ4v) is 4.30. The van der Waals surface area contributed by atoms with E-state index in [1.54, 1.807) is 0 Å². The number of hydrogen-bond donors (Lipinski definition) is 1. The molecule has 0 aromatic carbocycles. The molecule has 0 aromatic heterocycles. The van der Waals surface area contributed by atoms with Crippen LogP contribution in [-0.4, -0.2) is 24.5 Å². The minimum absolute atomic E-state index is 0.0681. The molecule has 1 saturated carbocycles. The Morgan fingerprint density at radius 1 is 1.29 bits per heavy atom. The van der Waals surface area contributed by atoms with Crippen LogP contribution in [0.4, 0.5) is 0 Å². The molecule has 0 amide bonds. The second-order valence-electron chi connectivity index (χ2n) is 7.17. The molecule has 1 spiro atoms. The van der Waals surface area contributed by atoms with E-state index in [1.165, 1.54) is 38.5 Å². The van der Waals surface area contributed by atoms with Crippen LogP contribution < -0.4 is 5.73 Å². The van der Waals surface area contributed by atoms with Gasteiger partial charge in [0.2, 0.25) is 0 Å². The topological polar surface area (TPSA) is 52.3 Å². The van der Waals surface area contributed by atoms with E-state index in [2.05, 4.69) is 6.92 Å². The summed E-state index contributed by atoms with van der Waals surface area (Å²) in [5.74, 6) is 1.39. The molecule has 3 heteroatoms. The van der Waals surface area contributed by atoms with Gasteiger partial charge in [0.05, 0.1) is 5.60 Å². The van der Waals surface area contributed by atoms with Gasteiger partial charge in [0.25, 0.3) is 0 Å². The van der Waals surface area contributed by atoms with Crippen molar-refractivity contribution in [3.05, 3.63) is 0 Å². The zero-order chi connectivity index (χ0) is 15.1. The van der Waals surface area contributed by atoms with Crippen LogP contribution in [0.25, 0.3) is 0 Å². The van der Waals surface area contributed by atoms with Crippen LogP contribution >= 0.6 is 0 Å². The Kier molecular flexibility index (Phi) is 6.69. The lowest BCUT2D eigenvalue weighted by Crippen LogP contribution is -2.39. The number of hydrogen-bond acceptors (Lipinski definition) is 3. The SMILES string of the molecule is CCCC(CCN)CCC(=O)C1CCOC2(CCCC2)C1. The molecule has 3 nitrogen and oxygen atoms in total. The maximum absolute atomic E-state index is 12.6. The van der Waals surface area contributed by atoms with Crippen molar-refractivity contribution in [3.8, 4) is 0 Å². The van der Waals surface area contributed by atoms with E-state index in [9.17, 15) is 4.79 Å². The first-order valence-corrected chi connectivity index (χ1v) is 9.06. The van der Waals surface area contributed by atoms with Crippen LogP contribution in [0.3, 0.4) is 0 Å². The third-order valence-corrected chi connectivity index (χ3v) is 5.53. The number of carbonyl (C=O) groups excluding carboxylic acids is 1. The molecule has 0 aromatic rings. The van der Waals surface area contributed by atoms with Crippen molar-refractivity contribution in [1.82, 2.24) is 0 Å². The summed E-state index contributed by atoms with van der Waals surface area (Å²) in [5, 5.41) is 0. The molecule has 1 heterocycles. The second kappa shape index (κ2) is 8.28. The summed E-state index contributed by atoms with van der Waals surface area (Å²) in [5.41, 5.74) is 5.75. The van der Waals surface area contributed by atoms with Crippen molar-refractivity contribution in [2.24, 2.45) is 17.6 Å². The Labute approximate surface area is 130 Å². The Morgan fingerprint density at radius 2 is 2.05 bits per heavy atom. The van der Waals surface area contributed by atoms with Gasteiger partial charge in [0, 0.05) is 18.9 Å². The molecule has 21 heavy (non-hydrogen) atoms. The molecule has 2 atom stereocenters.